The van der Waals surface area contributed by atoms with Gasteiger partial charge >= 0.3 is 0 Å². The van der Waals surface area contributed by atoms with Crippen molar-refractivity contribution in [3.63, 3.8) is 0 Å². The van der Waals surface area contributed by atoms with Gasteiger partial charge in [0.1, 0.15) is 5.01 Å². The van der Waals surface area contributed by atoms with Crippen LogP contribution in [0.25, 0.3) is 0 Å². The zero-order chi connectivity index (χ0) is 13.1. The average molecular weight is 274 g/mol. The first-order chi connectivity index (χ1) is 9.35. The number of nitrogens with one attached hydrogen (secondary N) is 1. The molecule has 2 aromatic rings. The molecule has 19 heavy (non-hydrogen) atoms. The Bertz CT molecular complexity index is 525. The summed E-state index contributed by atoms with van der Waals surface area (Å²) in [6, 6.07) is 10.8. The van der Waals surface area contributed by atoms with Gasteiger partial charge in [0.25, 0.3) is 0 Å². The Hall–Kier alpha value is -1.46. The lowest BCUT2D eigenvalue weighted by Crippen LogP contribution is -2.19. The topological polar surface area (TPSA) is 41.1 Å². The number of aromatic nitrogens is 2. The van der Waals surface area contributed by atoms with Crippen molar-refractivity contribution < 1.29 is 0 Å². The molecule has 100 valence electrons. The first-order valence-electron chi connectivity index (χ1n) is 6.62. The Morgan fingerprint density at radius 3 is 2.89 bits per heavy atom. The molecule has 0 radical (unpaired) electrons. The fourth-order valence-electron chi connectivity index (χ4n) is 2.58. The van der Waals surface area contributed by atoms with Crippen LogP contribution in [0.2, 0.25) is 0 Å². The molecular formula is C14H18N4S. The Morgan fingerprint density at radius 1 is 1.32 bits per heavy atom. The predicted octanol–water partition coefficient (Wildman–Crippen LogP) is 2.57. The van der Waals surface area contributed by atoms with Gasteiger partial charge in [-0.2, -0.15) is 0 Å². The van der Waals surface area contributed by atoms with Crippen LogP contribution < -0.4 is 5.32 Å². The van der Waals surface area contributed by atoms with Crippen LogP contribution in [0.3, 0.4) is 0 Å². The quantitative estimate of drug-likeness (QED) is 0.930. The number of hydrogen-bond donors (Lipinski definition) is 1. The van der Waals surface area contributed by atoms with Crippen LogP contribution in [-0.2, 0) is 6.54 Å². The molecular weight excluding hydrogens is 256 g/mol. The molecule has 4 nitrogen and oxygen atoms in total. The highest BCUT2D eigenvalue weighted by Crippen LogP contribution is 2.28. The number of nitrogens with zero attached hydrogens (tertiary/aromatic N) is 3. The van der Waals surface area contributed by atoms with Crippen LogP contribution >= 0.6 is 11.3 Å². The highest BCUT2D eigenvalue weighted by molar-refractivity contribution is 7.15. The number of rotatable bonds is 4. The highest BCUT2D eigenvalue weighted by atomic mass is 32.1. The van der Waals surface area contributed by atoms with Crippen molar-refractivity contribution in [2.24, 2.45) is 0 Å². The largest absolute Gasteiger partial charge is 0.363 e. The van der Waals surface area contributed by atoms with Crippen LogP contribution in [0.4, 0.5) is 5.13 Å². The molecule has 1 aromatic carbocycles. The van der Waals surface area contributed by atoms with Gasteiger partial charge in [0.2, 0.25) is 5.13 Å². The minimum Gasteiger partial charge on any atom is -0.363 e. The van der Waals surface area contributed by atoms with E-state index >= 15 is 0 Å². The molecule has 1 unspecified atom stereocenters. The Kier molecular flexibility index (Phi) is 3.75. The summed E-state index contributed by atoms with van der Waals surface area (Å²) in [7, 11) is 1.88. The first kappa shape index (κ1) is 12.6. The maximum Gasteiger partial charge on any atom is 0.205 e. The van der Waals surface area contributed by atoms with E-state index in [9.17, 15) is 0 Å². The minimum absolute atomic E-state index is 0.665. The lowest BCUT2D eigenvalue weighted by molar-refractivity contribution is 0.325. The Balaban J connectivity index is 1.60. The molecule has 1 fully saturated rings. The van der Waals surface area contributed by atoms with Gasteiger partial charge in [-0.15, -0.1) is 10.2 Å². The fraction of sp³-hybridized carbons (Fsp3) is 0.429. The summed E-state index contributed by atoms with van der Waals surface area (Å²) in [5, 5.41) is 13.3. The lowest BCUT2D eigenvalue weighted by Gasteiger charge is -2.14. The fourth-order valence-corrected chi connectivity index (χ4v) is 3.32. The molecule has 0 saturated carbocycles. The van der Waals surface area contributed by atoms with Gasteiger partial charge < -0.3 is 5.32 Å². The third-order valence-electron chi connectivity index (χ3n) is 3.58. The van der Waals surface area contributed by atoms with Crippen molar-refractivity contribution >= 4 is 16.5 Å². The van der Waals surface area contributed by atoms with E-state index in [0.29, 0.717) is 5.92 Å². The van der Waals surface area contributed by atoms with E-state index < -0.39 is 0 Å². The predicted molar refractivity (Wildman–Crippen MR) is 78.5 cm³/mol. The highest BCUT2D eigenvalue weighted by Gasteiger charge is 2.24. The molecule has 1 aliphatic heterocycles. The number of anilines is 1. The Labute approximate surface area is 117 Å². The van der Waals surface area contributed by atoms with Crippen LogP contribution in [0.5, 0.6) is 0 Å². The summed E-state index contributed by atoms with van der Waals surface area (Å²) in [6.45, 7) is 3.19. The second-order valence-corrected chi connectivity index (χ2v) is 5.94. The van der Waals surface area contributed by atoms with Crippen molar-refractivity contribution in [2.75, 3.05) is 25.5 Å². The summed E-state index contributed by atoms with van der Waals surface area (Å²) < 4.78 is 0. The minimum atomic E-state index is 0.665. The third kappa shape index (κ3) is 2.93. The van der Waals surface area contributed by atoms with Gasteiger partial charge in [0.05, 0.1) is 6.54 Å². The maximum atomic E-state index is 4.21. The van der Waals surface area contributed by atoms with Crippen molar-refractivity contribution in [1.29, 1.82) is 0 Å². The van der Waals surface area contributed by atoms with Crippen molar-refractivity contribution in [2.45, 2.75) is 18.9 Å². The Morgan fingerprint density at radius 2 is 2.16 bits per heavy atom. The van der Waals surface area contributed by atoms with Crippen molar-refractivity contribution in [1.82, 2.24) is 15.1 Å². The summed E-state index contributed by atoms with van der Waals surface area (Å²) in [5.74, 6) is 0.665. The van der Waals surface area contributed by atoms with Gasteiger partial charge in [0, 0.05) is 13.6 Å². The average Bonchev–Trinajstić information content (AvgIpc) is 3.09. The van der Waals surface area contributed by atoms with Crippen LogP contribution in [0.1, 0.15) is 22.9 Å². The van der Waals surface area contributed by atoms with Gasteiger partial charge in [-0.3, -0.25) is 4.90 Å². The molecule has 1 aliphatic rings. The van der Waals surface area contributed by atoms with Crippen LogP contribution in [0, 0.1) is 0 Å². The molecule has 1 atom stereocenters. The van der Waals surface area contributed by atoms with E-state index in [-0.39, 0.29) is 0 Å². The molecule has 1 N–H and O–H groups in total. The van der Waals surface area contributed by atoms with Gasteiger partial charge in [-0.25, -0.2) is 0 Å². The number of likely N-dealkylation sites (tertiary alicyclic amines) is 1. The first-order valence-corrected chi connectivity index (χ1v) is 7.44. The van der Waals surface area contributed by atoms with E-state index in [2.05, 4.69) is 50.7 Å². The molecule has 0 aliphatic carbocycles. The standard InChI is InChI=1S/C14H18N4S/c1-15-14-17-16-13(19-14)10-18-8-7-12(9-18)11-5-3-2-4-6-11/h2-6,12H,7-10H2,1H3,(H,15,17). The number of hydrogen-bond acceptors (Lipinski definition) is 5. The van der Waals surface area contributed by atoms with Crippen LogP contribution in [0.15, 0.2) is 30.3 Å². The summed E-state index contributed by atoms with van der Waals surface area (Å²) in [6.07, 6.45) is 1.24. The zero-order valence-electron chi connectivity index (χ0n) is 11.0. The smallest absolute Gasteiger partial charge is 0.205 e. The summed E-state index contributed by atoms with van der Waals surface area (Å²) in [4.78, 5) is 2.47. The number of benzene rings is 1. The SMILES string of the molecule is CNc1nnc(CN2CCC(c3ccccc3)C2)s1. The second-order valence-electron chi connectivity index (χ2n) is 4.88. The van der Waals surface area contributed by atoms with E-state index in [4.69, 9.17) is 0 Å². The lowest BCUT2D eigenvalue weighted by atomic mass is 9.99. The molecule has 2 heterocycles. The summed E-state index contributed by atoms with van der Waals surface area (Å²) in [5.41, 5.74) is 1.46. The maximum absolute atomic E-state index is 4.21. The molecule has 0 spiro atoms. The molecule has 0 bridgehead atoms. The monoisotopic (exact) mass is 274 g/mol. The van der Waals surface area contributed by atoms with Gasteiger partial charge in [-0.05, 0) is 24.4 Å². The van der Waals surface area contributed by atoms with Crippen molar-refractivity contribution in [3.8, 4) is 0 Å². The summed E-state index contributed by atoms with van der Waals surface area (Å²) >= 11 is 1.64. The molecule has 0 amide bonds. The second kappa shape index (κ2) is 5.67. The van der Waals surface area contributed by atoms with Crippen LogP contribution in [-0.4, -0.2) is 35.2 Å². The van der Waals surface area contributed by atoms with Gasteiger partial charge in [0.15, 0.2) is 0 Å². The van der Waals surface area contributed by atoms with E-state index in [0.717, 1.165) is 29.8 Å². The molecule has 1 aromatic heterocycles. The van der Waals surface area contributed by atoms with E-state index in [1.165, 1.54) is 12.0 Å². The van der Waals surface area contributed by atoms with E-state index in [1.54, 1.807) is 11.3 Å². The van der Waals surface area contributed by atoms with Crippen molar-refractivity contribution in [3.05, 3.63) is 40.9 Å². The molecule has 5 heteroatoms. The van der Waals surface area contributed by atoms with Gasteiger partial charge in [-0.1, -0.05) is 41.7 Å². The molecule has 1 saturated heterocycles. The third-order valence-corrected chi connectivity index (χ3v) is 4.51. The zero-order valence-corrected chi connectivity index (χ0v) is 11.9. The molecule has 3 rings (SSSR count). The van der Waals surface area contributed by atoms with E-state index in [1.807, 2.05) is 7.05 Å². The normalized spacial score (nSPS) is 19.7.